The molecule has 1 aromatic rings. The standard InChI is InChI=1S/C19H29N5O/c1-14(2)19(4,13-20)23-18(25)12-24-10-6-8-16(24)11-21-17-9-5-7-15(3)22-17/h5,7,9,14,16H,6,8,10-12H2,1-4H3,(H,21,22)(H,23,25)/t16-,19+/m1/s1. The minimum atomic E-state index is -0.823. The maximum Gasteiger partial charge on any atom is 0.235 e. The van der Waals surface area contributed by atoms with Crippen molar-refractivity contribution >= 4 is 11.7 Å². The molecule has 0 saturated carbocycles. The first kappa shape index (κ1) is 19.2. The predicted octanol–water partition coefficient (Wildman–Crippen LogP) is 2.32. The number of nitrogens with one attached hydrogen (secondary N) is 2. The molecule has 1 aliphatic rings. The van der Waals surface area contributed by atoms with Crippen molar-refractivity contribution < 1.29 is 4.79 Å². The van der Waals surface area contributed by atoms with Crippen molar-refractivity contribution in [1.82, 2.24) is 15.2 Å². The lowest BCUT2D eigenvalue weighted by molar-refractivity contribution is -0.124. The van der Waals surface area contributed by atoms with Crippen molar-refractivity contribution in [1.29, 1.82) is 5.26 Å². The summed E-state index contributed by atoms with van der Waals surface area (Å²) in [5, 5.41) is 15.6. The summed E-state index contributed by atoms with van der Waals surface area (Å²) < 4.78 is 0. The highest BCUT2D eigenvalue weighted by molar-refractivity contribution is 5.79. The number of likely N-dealkylation sites (tertiary alicyclic amines) is 1. The van der Waals surface area contributed by atoms with E-state index in [0.717, 1.165) is 37.4 Å². The second-order valence-electron chi connectivity index (χ2n) is 7.33. The van der Waals surface area contributed by atoms with E-state index < -0.39 is 5.54 Å². The minimum absolute atomic E-state index is 0.0601. The molecule has 2 N–H and O–H groups in total. The van der Waals surface area contributed by atoms with Gasteiger partial charge in [-0.2, -0.15) is 5.26 Å². The van der Waals surface area contributed by atoms with E-state index in [1.165, 1.54) is 0 Å². The molecule has 0 unspecified atom stereocenters. The van der Waals surface area contributed by atoms with Crippen LogP contribution in [0.1, 0.15) is 39.3 Å². The summed E-state index contributed by atoms with van der Waals surface area (Å²) in [7, 11) is 0. The topological polar surface area (TPSA) is 81.0 Å². The molecular formula is C19H29N5O. The van der Waals surface area contributed by atoms with Crippen molar-refractivity contribution in [2.24, 2.45) is 5.92 Å². The molecule has 0 spiro atoms. The maximum atomic E-state index is 12.4. The van der Waals surface area contributed by atoms with Crippen LogP contribution in [0.15, 0.2) is 18.2 Å². The van der Waals surface area contributed by atoms with Crippen LogP contribution >= 0.6 is 0 Å². The highest BCUT2D eigenvalue weighted by Gasteiger charge is 2.32. The number of nitrogens with zero attached hydrogens (tertiary/aromatic N) is 3. The van der Waals surface area contributed by atoms with Gasteiger partial charge in [-0.05, 0) is 51.3 Å². The zero-order valence-electron chi connectivity index (χ0n) is 15.7. The van der Waals surface area contributed by atoms with Crippen LogP contribution in [0, 0.1) is 24.2 Å². The molecule has 2 atom stereocenters. The van der Waals surface area contributed by atoms with Gasteiger partial charge in [-0.1, -0.05) is 19.9 Å². The molecule has 2 rings (SSSR count). The molecule has 1 aromatic heterocycles. The van der Waals surface area contributed by atoms with Crippen LogP contribution in [0.5, 0.6) is 0 Å². The van der Waals surface area contributed by atoms with Crippen LogP contribution in [-0.4, -0.2) is 47.0 Å². The Balaban J connectivity index is 1.88. The molecule has 0 aromatic carbocycles. The number of aryl methyl sites for hydroxylation is 1. The number of pyridine rings is 1. The Labute approximate surface area is 150 Å². The van der Waals surface area contributed by atoms with E-state index in [2.05, 4.69) is 26.6 Å². The molecule has 1 fully saturated rings. The Morgan fingerprint density at radius 1 is 1.52 bits per heavy atom. The van der Waals surface area contributed by atoms with Gasteiger partial charge in [-0.3, -0.25) is 9.69 Å². The molecule has 6 heteroatoms. The van der Waals surface area contributed by atoms with Gasteiger partial charge in [0.1, 0.15) is 11.4 Å². The van der Waals surface area contributed by atoms with E-state index in [1.807, 2.05) is 39.0 Å². The Bertz CT molecular complexity index is 639. The number of hydrogen-bond donors (Lipinski definition) is 2. The van der Waals surface area contributed by atoms with Crippen molar-refractivity contribution in [2.45, 2.75) is 52.1 Å². The van der Waals surface area contributed by atoms with E-state index in [9.17, 15) is 10.1 Å². The lowest BCUT2D eigenvalue weighted by Gasteiger charge is -2.30. The largest absolute Gasteiger partial charge is 0.368 e. The third kappa shape index (κ3) is 5.17. The molecule has 25 heavy (non-hydrogen) atoms. The number of carbonyl (C=O) groups excluding carboxylic acids is 1. The highest BCUT2D eigenvalue weighted by Crippen LogP contribution is 2.19. The molecule has 1 saturated heterocycles. The van der Waals surface area contributed by atoms with E-state index in [1.54, 1.807) is 6.92 Å². The number of hydrogen-bond acceptors (Lipinski definition) is 5. The second kappa shape index (κ2) is 8.30. The summed E-state index contributed by atoms with van der Waals surface area (Å²) in [5.74, 6) is 0.844. The summed E-state index contributed by atoms with van der Waals surface area (Å²) in [6.45, 7) is 9.65. The normalized spacial score (nSPS) is 20.1. The average molecular weight is 343 g/mol. The quantitative estimate of drug-likeness (QED) is 0.794. The molecule has 6 nitrogen and oxygen atoms in total. The fourth-order valence-electron chi connectivity index (χ4n) is 3.01. The fourth-order valence-corrected chi connectivity index (χ4v) is 3.01. The van der Waals surface area contributed by atoms with Crippen LogP contribution in [0.25, 0.3) is 0 Å². The Morgan fingerprint density at radius 2 is 2.28 bits per heavy atom. The van der Waals surface area contributed by atoms with Crippen molar-refractivity contribution in [3.63, 3.8) is 0 Å². The summed E-state index contributed by atoms with van der Waals surface area (Å²) >= 11 is 0. The summed E-state index contributed by atoms with van der Waals surface area (Å²) in [6, 6.07) is 8.45. The van der Waals surface area contributed by atoms with Gasteiger partial charge in [-0.15, -0.1) is 0 Å². The van der Waals surface area contributed by atoms with Crippen LogP contribution in [0.4, 0.5) is 5.82 Å². The lowest BCUT2D eigenvalue weighted by atomic mass is 9.90. The van der Waals surface area contributed by atoms with E-state index >= 15 is 0 Å². The monoisotopic (exact) mass is 343 g/mol. The third-order valence-electron chi connectivity index (χ3n) is 5.04. The Morgan fingerprint density at radius 3 is 2.92 bits per heavy atom. The SMILES string of the molecule is Cc1cccc(NC[C@H]2CCCN2CC(=O)N[C@@](C)(C#N)C(C)C)n1. The van der Waals surface area contributed by atoms with Gasteiger partial charge in [0, 0.05) is 18.3 Å². The molecule has 136 valence electrons. The van der Waals surface area contributed by atoms with E-state index in [-0.39, 0.29) is 11.8 Å². The molecule has 0 bridgehead atoms. The zero-order valence-corrected chi connectivity index (χ0v) is 15.7. The van der Waals surface area contributed by atoms with Gasteiger partial charge in [0.15, 0.2) is 0 Å². The first-order chi connectivity index (χ1) is 11.8. The van der Waals surface area contributed by atoms with Crippen molar-refractivity contribution in [3.8, 4) is 6.07 Å². The smallest absolute Gasteiger partial charge is 0.235 e. The van der Waals surface area contributed by atoms with Gasteiger partial charge in [0.25, 0.3) is 0 Å². The van der Waals surface area contributed by atoms with Crippen LogP contribution < -0.4 is 10.6 Å². The van der Waals surface area contributed by atoms with E-state index in [0.29, 0.717) is 12.6 Å². The molecule has 0 radical (unpaired) electrons. The second-order valence-corrected chi connectivity index (χ2v) is 7.33. The Kier molecular flexibility index (Phi) is 6.38. The fraction of sp³-hybridized carbons (Fsp3) is 0.632. The first-order valence-electron chi connectivity index (χ1n) is 8.98. The maximum absolute atomic E-state index is 12.4. The van der Waals surface area contributed by atoms with Crippen LogP contribution in [-0.2, 0) is 4.79 Å². The predicted molar refractivity (Wildman–Crippen MR) is 99.1 cm³/mol. The van der Waals surface area contributed by atoms with Crippen LogP contribution in [0.3, 0.4) is 0 Å². The zero-order chi connectivity index (χ0) is 18.4. The summed E-state index contributed by atoms with van der Waals surface area (Å²) in [6.07, 6.45) is 2.15. The van der Waals surface area contributed by atoms with Crippen molar-refractivity contribution in [3.05, 3.63) is 23.9 Å². The number of nitriles is 1. The Hall–Kier alpha value is -2.13. The van der Waals surface area contributed by atoms with Gasteiger partial charge in [-0.25, -0.2) is 4.98 Å². The van der Waals surface area contributed by atoms with Gasteiger partial charge in [0.2, 0.25) is 5.91 Å². The molecule has 0 aliphatic carbocycles. The van der Waals surface area contributed by atoms with Gasteiger partial charge >= 0.3 is 0 Å². The van der Waals surface area contributed by atoms with Gasteiger partial charge in [0.05, 0.1) is 12.6 Å². The number of carbonyl (C=O) groups is 1. The average Bonchev–Trinajstić information content (AvgIpc) is 2.99. The summed E-state index contributed by atoms with van der Waals surface area (Å²) in [4.78, 5) is 19.1. The highest BCUT2D eigenvalue weighted by atomic mass is 16.2. The third-order valence-corrected chi connectivity index (χ3v) is 5.04. The molecule has 1 aliphatic heterocycles. The lowest BCUT2D eigenvalue weighted by Crippen LogP contribution is -2.52. The molecule has 1 amide bonds. The first-order valence-corrected chi connectivity index (χ1v) is 8.98. The number of amides is 1. The molecule has 2 heterocycles. The number of aromatic nitrogens is 1. The van der Waals surface area contributed by atoms with Crippen molar-refractivity contribution in [2.75, 3.05) is 25.0 Å². The number of anilines is 1. The van der Waals surface area contributed by atoms with Crippen LogP contribution in [0.2, 0.25) is 0 Å². The molecular weight excluding hydrogens is 314 g/mol. The van der Waals surface area contributed by atoms with E-state index in [4.69, 9.17) is 0 Å². The minimum Gasteiger partial charge on any atom is -0.368 e. The van der Waals surface area contributed by atoms with Gasteiger partial charge < -0.3 is 10.6 Å². The number of rotatable bonds is 7. The summed E-state index contributed by atoms with van der Waals surface area (Å²) in [5.41, 5.74) is 0.160.